The second-order valence-corrected chi connectivity index (χ2v) is 3.95. The molecule has 5 nitrogen and oxygen atoms in total. The first kappa shape index (κ1) is 15.4. The van der Waals surface area contributed by atoms with Gasteiger partial charge in [0.1, 0.15) is 0 Å². The molecule has 0 saturated carbocycles. The van der Waals surface area contributed by atoms with Crippen LogP contribution >= 0.6 is 0 Å². The van der Waals surface area contributed by atoms with Crippen molar-refractivity contribution in [3.63, 3.8) is 0 Å². The highest BCUT2D eigenvalue weighted by atomic mass is 16.5. The van der Waals surface area contributed by atoms with Crippen molar-refractivity contribution in [3.05, 3.63) is 48.0 Å². The maximum absolute atomic E-state index is 11.9. The molecule has 0 aliphatic rings. The van der Waals surface area contributed by atoms with Crippen LogP contribution in [0.3, 0.4) is 0 Å². The fourth-order valence-corrected chi connectivity index (χ4v) is 1.88. The number of allylic oxidation sites excluding steroid dienone is 2. The van der Waals surface area contributed by atoms with Gasteiger partial charge in [0.25, 0.3) is 0 Å². The maximum atomic E-state index is 11.9. The van der Waals surface area contributed by atoms with E-state index in [1.165, 1.54) is 26.4 Å². The van der Waals surface area contributed by atoms with E-state index in [0.29, 0.717) is 0 Å². The summed E-state index contributed by atoms with van der Waals surface area (Å²) in [5, 5.41) is 8.67. The normalized spacial score (nSPS) is 11.9. The first-order chi connectivity index (χ1) is 9.65. The summed E-state index contributed by atoms with van der Waals surface area (Å²) < 4.78 is 9.32. The predicted octanol–water partition coefficient (Wildman–Crippen LogP) is 1.81. The molecule has 1 atom stereocenters. The van der Waals surface area contributed by atoms with Gasteiger partial charge in [-0.25, -0.2) is 0 Å². The summed E-state index contributed by atoms with van der Waals surface area (Å²) in [5.41, 5.74) is 0.722. The van der Waals surface area contributed by atoms with E-state index in [1.54, 1.807) is 24.3 Å². The van der Waals surface area contributed by atoms with Crippen molar-refractivity contribution in [1.29, 1.82) is 5.26 Å². The summed E-state index contributed by atoms with van der Waals surface area (Å²) in [6.07, 6.45) is 2.73. The molecule has 0 bridgehead atoms. The molecular formula is C15H15NO4. The van der Waals surface area contributed by atoms with Crippen LogP contribution in [0.25, 0.3) is 0 Å². The third-order valence-corrected chi connectivity index (χ3v) is 2.83. The van der Waals surface area contributed by atoms with Gasteiger partial charge in [-0.05, 0) is 5.56 Å². The van der Waals surface area contributed by atoms with Gasteiger partial charge in [0, 0.05) is 12.0 Å². The molecule has 0 amide bonds. The number of carbonyl (C=O) groups is 2. The number of nitrogens with zero attached hydrogens (tertiary/aromatic N) is 1. The van der Waals surface area contributed by atoms with Crippen LogP contribution < -0.4 is 0 Å². The molecule has 104 valence electrons. The Kier molecular flexibility index (Phi) is 5.98. The van der Waals surface area contributed by atoms with Gasteiger partial charge in [-0.2, -0.15) is 5.26 Å². The standard InChI is InChI=1S/C15H15NO4/c1-19-14(17)13(15(18)20-2)12(9-6-10-16)11-7-4-3-5-8-11/h3-9,12-13H,1-2H3/b9-6+. The third-order valence-electron chi connectivity index (χ3n) is 2.83. The number of nitriles is 1. The number of esters is 2. The van der Waals surface area contributed by atoms with Crippen molar-refractivity contribution in [2.24, 2.45) is 5.92 Å². The number of hydrogen-bond acceptors (Lipinski definition) is 5. The van der Waals surface area contributed by atoms with Gasteiger partial charge in [-0.3, -0.25) is 9.59 Å². The van der Waals surface area contributed by atoms with Crippen molar-refractivity contribution in [1.82, 2.24) is 0 Å². The third kappa shape index (κ3) is 3.69. The Morgan fingerprint density at radius 2 is 1.70 bits per heavy atom. The van der Waals surface area contributed by atoms with Crippen molar-refractivity contribution < 1.29 is 19.1 Å². The number of rotatable bonds is 5. The molecule has 0 saturated heterocycles. The van der Waals surface area contributed by atoms with Gasteiger partial charge in [0.2, 0.25) is 0 Å². The number of methoxy groups -OCH3 is 2. The predicted molar refractivity (Wildman–Crippen MR) is 71.5 cm³/mol. The lowest BCUT2D eigenvalue weighted by molar-refractivity contribution is -0.159. The Balaban J connectivity index is 3.25. The smallest absolute Gasteiger partial charge is 0.321 e. The van der Waals surface area contributed by atoms with Crippen LogP contribution in [-0.2, 0) is 19.1 Å². The summed E-state index contributed by atoms with van der Waals surface area (Å²) in [4.78, 5) is 23.7. The van der Waals surface area contributed by atoms with Gasteiger partial charge >= 0.3 is 11.9 Å². The van der Waals surface area contributed by atoms with Crippen molar-refractivity contribution in [2.75, 3.05) is 14.2 Å². The summed E-state index contributed by atoms with van der Waals surface area (Å²) in [7, 11) is 2.41. The Labute approximate surface area is 117 Å². The van der Waals surface area contributed by atoms with Gasteiger partial charge in [0.05, 0.1) is 20.3 Å². The van der Waals surface area contributed by atoms with E-state index in [0.717, 1.165) is 5.56 Å². The zero-order valence-corrected chi connectivity index (χ0v) is 11.3. The molecule has 1 aromatic carbocycles. The maximum Gasteiger partial charge on any atom is 0.321 e. The van der Waals surface area contributed by atoms with Crippen LogP contribution in [0.5, 0.6) is 0 Å². The van der Waals surface area contributed by atoms with E-state index in [-0.39, 0.29) is 0 Å². The average Bonchev–Trinajstić information content (AvgIpc) is 2.50. The summed E-state index contributed by atoms with van der Waals surface area (Å²) in [6.45, 7) is 0. The van der Waals surface area contributed by atoms with Crippen LogP contribution in [0.2, 0.25) is 0 Å². The summed E-state index contributed by atoms with van der Waals surface area (Å²) in [5.74, 6) is -3.16. The van der Waals surface area contributed by atoms with E-state index in [1.807, 2.05) is 12.1 Å². The molecule has 0 aromatic heterocycles. The highest BCUT2D eigenvalue weighted by Gasteiger charge is 2.36. The fourth-order valence-electron chi connectivity index (χ4n) is 1.88. The van der Waals surface area contributed by atoms with E-state index >= 15 is 0 Å². The SMILES string of the molecule is COC(=O)C(C(=O)OC)C(/C=C/C#N)c1ccccc1. The second kappa shape index (κ2) is 7.74. The van der Waals surface area contributed by atoms with E-state index in [4.69, 9.17) is 5.26 Å². The summed E-state index contributed by atoms with van der Waals surface area (Å²) >= 11 is 0. The largest absolute Gasteiger partial charge is 0.468 e. The molecule has 0 spiro atoms. The molecule has 20 heavy (non-hydrogen) atoms. The molecule has 0 N–H and O–H groups in total. The molecule has 0 fully saturated rings. The molecule has 0 aliphatic carbocycles. The minimum atomic E-state index is -1.14. The zero-order chi connectivity index (χ0) is 15.0. The van der Waals surface area contributed by atoms with Crippen molar-refractivity contribution >= 4 is 11.9 Å². The molecule has 0 radical (unpaired) electrons. The molecular weight excluding hydrogens is 258 g/mol. The van der Waals surface area contributed by atoms with Gasteiger partial charge in [-0.15, -0.1) is 0 Å². The molecule has 0 aliphatic heterocycles. The lowest BCUT2D eigenvalue weighted by Crippen LogP contribution is -2.31. The van der Waals surface area contributed by atoms with E-state index in [9.17, 15) is 9.59 Å². The van der Waals surface area contributed by atoms with Crippen LogP contribution in [0, 0.1) is 17.2 Å². The molecule has 0 heterocycles. The van der Waals surface area contributed by atoms with Gasteiger partial charge < -0.3 is 9.47 Å². The lowest BCUT2D eigenvalue weighted by atomic mass is 9.85. The molecule has 1 rings (SSSR count). The monoisotopic (exact) mass is 273 g/mol. The van der Waals surface area contributed by atoms with Crippen LogP contribution in [0.1, 0.15) is 11.5 Å². The molecule has 1 aromatic rings. The Morgan fingerprint density at radius 1 is 1.15 bits per heavy atom. The fraction of sp³-hybridized carbons (Fsp3) is 0.267. The highest BCUT2D eigenvalue weighted by molar-refractivity contribution is 5.96. The Morgan fingerprint density at radius 3 is 2.15 bits per heavy atom. The first-order valence-corrected chi connectivity index (χ1v) is 5.92. The van der Waals surface area contributed by atoms with Crippen molar-refractivity contribution in [2.45, 2.75) is 5.92 Å². The van der Waals surface area contributed by atoms with Crippen LogP contribution in [0.4, 0.5) is 0 Å². The zero-order valence-electron chi connectivity index (χ0n) is 11.3. The Bertz CT molecular complexity index is 515. The minimum Gasteiger partial charge on any atom is -0.468 e. The summed E-state index contributed by atoms with van der Waals surface area (Å²) in [6, 6.07) is 10.8. The van der Waals surface area contributed by atoms with Crippen molar-refractivity contribution in [3.8, 4) is 6.07 Å². The van der Waals surface area contributed by atoms with Crippen LogP contribution in [-0.4, -0.2) is 26.2 Å². The number of hydrogen-bond donors (Lipinski definition) is 0. The lowest BCUT2D eigenvalue weighted by Gasteiger charge is -2.20. The number of carbonyl (C=O) groups excluding carboxylic acids is 2. The van der Waals surface area contributed by atoms with Gasteiger partial charge in [0.15, 0.2) is 5.92 Å². The number of benzene rings is 1. The van der Waals surface area contributed by atoms with Crippen LogP contribution in [0.15, 0.2) is 42.5 Å². The highest BCUT2D eigenvalue weighted by Crippen LogP contribution is 2.28. The molecule has 1 unspecified atom stereocenters. The molecule has 5 heteroatoms. The van der Waals surface area contributed by atoms with Gasteiger partial charge in [-0.1, -0.05) is 36.4 Å². The van der Waals surface area contributed by atoms with E-state index < -0.39 is 23.8 Å². The quantitative estimate of drug-likeness (QED) is 0.464. The second-order valence-electron chi connectivity index (χ2n) is 3.95. The number of ether oxygens (including phenoxy) is 2. The van der Waals surface area contributed by atoms with E-state index in [2.05, 4.69) is 9.47 Å². The Hall–Kier alpha value is -2.61. The average molecular weight is 273 g/mol. The first-order valence-electron chi connectivity index (χ1n) is 5.92. The minimum absolute atomic E-state index is 0.615. The topological polar surface area (TPSA) is 76.4 Å².